The van der Waals surface area contributed by atoms with Crippen molar-refractivity contribution in [1.29, 1.82) is 0 Å². The van der Waals surface area contributed by atoms with Crippen LogP contribution >= 0.6 is 0 Å². The number of nitrogens with zero attached hydrogens (tertiary/aromatic N) is 2. The van der Waals surface area contributed by atoms with E-state index in [0.717, 1.165) is 31.6 Å². The van der Waals surface area contributed by atoms with Crippen LogP contribution in [0.3, 0.4) is 0 Å². The van der Waals surface area contributed by atoms with Gasteiger partial charge in [0.05, 0.1) is 5.69 Å². The smallest absolute Gasteiger partial charge is 0.146 e. The van der Waals surface area contributed by atoms with Gasteiger partial charge in [0, 0.05) is 31.7 Å². The Kier molecular flexibility index (Phi) is 4.42. The third kappa shape index (κ3) is 2.90. The summed E-state index contributed by atoms with van der Waals surface area (Å²) in [6.45, 7) is 6.77. The van der Waals surface area contributed by atoms with Crippen LogP contribution in [0.25, 0.3) is 0 Å². The van der Waals surface area contributed by atoms with Gasteiger partial charge in [0.15, 0.2) is 0 Å². The molecule has 1 saturated heterocycles. The molecule has 1 aromatic carbocycles. The van der Waals surface area contributed by atoms with Crippen LogP contribution in [0.1, 0.15) is 31.9 Å². The van der Waals surface area contributed by atoms with Crippen LogP contribution in [0.15, 0.2) is 18.2 Å². The van der Waals surface area contributed by atoms with E-state index in [1.165, 1.54) is 6.07 Å². The number of rotatable bonds is 3. The fourth-order valence-corrected chi connectivity index (χ4v) is 2.82. The van der Waals surface area contributed by atoms with Crippen molar-refractivity contribution in [2.75, 3.05) is 31.6 Å². The van der Waals surface area contributed by atoms with E-state index >= 15 is 0 Å². The number of para-hydroxylation sites is 1. The zero-order valence-corrected chi connectivity index (χ0v) is 12.1. The van der Waals surface area contributed by atoms with Gasteiger partial charge in [0.2, 0.25) is 0 Å². The van der Waals surface area contributed by atoms with Gasteiger partial charge in [0.1, 0.15) is 5.82 Å². The van der Waals surface area contributed by atoms with Crippen molar-refractivity contribution in [3.8, 4) is 0 Å². The molecule has 0 amide bonds. The quantitative estimate of drug-likeness (QED) is 0.910. The van der Waals surface area contributed by atoms with E-state index in [-0.39, 0.29) is 11.9 Å². The molecule has 0 aromatic heterocycles. The molecule has 1 fully saturated rings. The lowest BCUT2D eigenvalue weighted by Gasteiger charge is -2.41. The third-order valence-corrected chi connectivity index (χ3v) is 4.07. The Hall–Kier alpha value is -1.13. The average molecular weight is 265 g/mol. The molecular formula is C15H24FN3. The van der Waals surface area contributed by atoms with Gasteiger partial charge in [0.25, 0.3) is 0 Å². The summed E-state index contributed by atoms with van der Waals surface area (Å²) < 4.78 is 14.2. The lowest BCUT2D eigenvalue weighted by atomic mass is 10.0. The van der Waals surface area contributed by atoms with E-state index in [1.54, 1.807) is 6.07 Å². The molecule has 0 aliphatic carbocycles. The Bertz CT molecular complexity index is 433. The minimum atomic E-state index is -0.158. The molecule has 3 nitrogen and oxygen atoms in total. The first-order chi connectivity index (χ1) is 9.04. The molecule has 1 heterocycles. The summed E-state index contributed by atoms with van der Waals surface area (Å²) >= 11 is 0. The molecule has 19 heavy (non-hydrogen) atoms. The van der Waals surface area contributed by atoms with Gasteiger partial charge in [-0.05, 0) is 32.0 Å². The number of hydrogen-bond acceptors (Lipinski definition) is 3. The second-order valence-corrected chi connectivity index (χ2v) is 5.46. The third-order valence-electron chi connectivity index (χ3n) is 4.07. The summed E-state index contributed by atoms with van der Waals surface area (Å²) in [7, 11) is 2.14. The molecule has 0 bridgehead atoms. The summed E-state index contributed by atoms with van der Waals surface area (Å²) in [5.41, 5.74) is 7.58. The van der Waals surface area contributed by atoms with Crippen LogP contribution < -0.4 is 10.6 Å². The molecule has 0 radical (unpaired) electrons. The Morgan fingerprint density at radius 2 is 2.16 bits per heavy atom. The van der Waals surface area contributed by atoms with E-state index in [1.807, 2.05) is 13.0 Å². The van der Waals surface area contributed by atoms with Crippen molar-refractivity contribution in [3.63, 3.8) is 0 Å². The molecular weight excluding hydrogens is 241 g/mol. The Labute approximate surface area is 115 Å². The summed E-state index contributed by atoms with van der Waals surface area (Å²) in [6, 6.07) is 5.54. The van der Waals surface area contributed by atoms with Crippen molar-refractivity contribution in [1.82, 2.24) is 4.90 Å². The van der Waals surface area contributed by atoms with Crippen LogP contribution in [-0.2, 0) is 0 Å². The van der Waals surface area contributed by atoms with E-state index in [9.17, 15) is 4.39 Å². The zero-order valence-electron chi connectivity index (χ0n) is 12.1. The predicted octanol–water partition coefficient (Wildman–Crippen LogP) is 2.38. The highest BCUT2D eigenvalue weighted by Crippen LogP contribution is 2.30. The maximum atomic E-state index is 14.2. The first-order valence-corrected chi connectivity index (χ1v) is 7.03. The first kappa shape index (κ1) is 14.3. The molecule has 1 aliphatic heterocycles. The molecule has 2 rings (SSSR count). The summed E-state index contributed by atoms with van der Waals surface area (Å²) in [4.78, 5) is 4.51. The Morgan fingerprint density at radius 3 is 2.79 bits per heavy atom. The number of hydrogen-bond donors (Lipinski definition) is 1. The highest BCUT2D eigenvalue weighted by molar-refractivity contribution is 5.56. The highest BCUT2D eigenvalue weighted by atomic mass is 19.1. The minimum absolute atomic E-state index is 0.148. The predicted molar refractivity (Wildman–Crippen MR) is 77.9 cm³/mol. The maximum Gasteiger partial charge on any atom is 0.146 e. The second-order valence-electron chi connectivity index (χ2n) is 5.46. The van der Waals surface area contributed by atoms with Crippen LogP contribution in [0.5, 0.6) is 0 Å². The van der Waals surface area contributed by atoms with Crippen LogP contribution in [0, 0.1) is 5.82 Å². The van der Waals surface area contributed by atoms with Crippen molar-refractivity contribution in [2.45, 2.75) is 32.4 Å². The molecule has 106 valence electrons. The lowest BCUT2D eigenvalue weighted by Crippen LogP contribution is -2.51. The topological polar surface area (TPSA) is 32.5 Å². The maximum absolute atomic E-state index is 14.2. The molecule has 1 unspecified atom stereocenters. The van der Waals surface area contributed by atoms with E-state index in [0.29, 0.717) is 11.7 Å². The van der Waals surface area contributed by atoms with Gasteiger partial charge >= 0.3 is 0 Å². The molecule has 2 N–H and O–H groups in total. The lowest BCUT2D eigenvalue weighted by molar-refractivity contribution is 0.212. The van der Waals surface area contributed by atoms with Crippen molar-refractivity contribution < 1.29 is 4.39 Å². The Morgan fingerprint density at radius 1 is 1.42 bits per heavy atom. The van der Waals surface area contributed by atoms with E-state index in [2.05, 4.69) is 23.8 Å². The van der Waals surface area contributed by atoms with Crippen LogP contribution in [-0.4, -0.2) is 37.6 Å². The number of anilines is 1. The molecule has 4 heteroatoms. The van der Waals surface area contributed by atoms with E-state index < -0.39 is 0 Å². The number of halogens is 1. The standard InChI is InChI=1S/C15H24FN3/c1-4-12-10-19(9-8-18(12)3)15-13(11(2)17)6-5-7-14(15)16/h5-7,11-12H,4,8-10,17H2,1-3H3/t11-,12?/m0/s1. The average Bonchev–Trinajstić information content (AvgIpc) is 2.39. The van der Waals surface area contributed by atoms with Gasteiger partial charge in [-0.25, -0.2) is 4.39 Å². The highest BCUT2D eigenvalue weighted by Gasteiger charge is 2.26. The van der Waals surface area contributed by atoms with Crippen molar-refractivity contribution in [2.24, 2.45) is 5.73 Å². The summed E-state index contributed by atoms with van der Waals surface area (Å²) in [5.74, 6) is -0.158. The zero-order chi connectivity index (χ0) is 14.0. The van der Waals surface area contributed by atoms with Crippen molar-refractivity contribution >= 4 is 5.69 Å². The normalized spacial score (nSPS) is 22.6. The monoisotopic (exact) mass is 265 g/mol. The number of piperazine rings is 1. The summed E-state index contributed by atoms with van der Waals surface area (Å²) in [5, 5.41) is 0. The SMILES string of the molecule is CCC1CN(c2c(F)cccc2[C@H](C)N)CCN1C. The van der Waals surface area contributed by atoms with Gasteiger partial charge in [-0.3, -0.25) is 4.90 Å². The summed E-state index contributed by atoms with van der Waals surface area (Å²) in [6.07, 6.45) is 1.08. The molecule has 0 spiro atoms. The van der Waals surface area contributed by atoms with Gasteiger partial charge < -0.3 is 10.6 Å². The van der Waals surface area contributed by atoms with Crippen LogP contribution in [0.4, 0.5) is 10.1 Å². The Balaban J connectivity index is 2.31. The first-order valence-electron chi connectivity index (χ1n) is 7.03. The molecule has 0 saturated carbocycles. The van der Waals surface area contributed by atoms with Crippen molar-refractivity contribution in [3.05, 3.63) is 29.6 Å². The van der Waals surface area contributed by atoms with E-state index in [4.69, 9.17) is 5.73 Å². The molecule has 1 aromatic rings. The number of nitrogens with two attached hydrogens (primary N) is 1. The molecule has 2 atom stereocenters. The van der Waals surface area contributed by atoms with Crippen LogP contribution in [0.2, 0.25) is 0 Å². The van der Waals surface area contributed by atoms with Gasteiger partial charge in [-0.15, -0.1) is 0 Å². The largest absolute Gasteiger partial charge is 0.366 e. The molecule has 1 aliphatic rings. The fraction of sp³-hybridized carbons (Fsp3) is 0.600. The van der Waals surface area contributed by atoms with Gasteiger partial charge in [-0.2, -0.15) is 0 Å². The number of benzene rings is 1. The van der Waals surface area contributed by atoms with Gasteiger partial charge in [-0.1, -0.05) is 19.1 Å². The second kappa shape index (κ2) is 5.88. The fourth-order valence-electron chi connectivity index (χ4n) is 2.82. The number of likely N-dealkylation sites (N-methyl/N-ethyl adjacent to an activating group) is 1. The minimum Gasteiger partial charge on any atom is -0.366 e.